The van der Waals surface area contributed by atoms with E-state index in [-0.39, 0.29) is 28.9 Å². The van der Waals surface area contributed by atoms with E-state index in [4.69, 9.17) is 4.74 Å². The smallest absolute Gasteiger partial charge is 0.251 e. The second-order valence-corrected chi connectivity index (χ2v) is 9.89. The first-order valence-corrected chi connectivity index (χ1v) is 11.8. The number of piperidine rings is 1. The summed E-state index contributed by atoms with van der Waals surface area (Å²) >= 11 is 0. The van der Waals surface area contributed by atoms with Crippen LogP contribution in [0.1, 0.15) is 36.1 Å². The maximum Gasteiger partial charge on any atom is 0.251 e. The van der Waals surface area contributed by atoms with E-state index in [9.17, 15) is 18.5 Å². The van der Waals surface area contributed by atoms with Crippen molar-refractivity contribution in [2.24, 2.45) is 0 Å². The van der Waals surface area contributed by atoms with E-state index in [0.717, 1.165) is 16.8 Å². The molecule has 1 atom stereocenters. The zero-order valence-electron chi connectivity index (χ0n) is 16.8. The molecule has 3 aliphatic rings. The number of amides is 1. The first-order valence-electron chi connectivity index (χ1n) is 10.3. The number of sulfonamides is 1. The van der Waals surface area contributed by atoms with Gasteiger partial charge in [0.2, 0.25) is 21.6 Å². The lowest BCUT2D eigenvalue weighted by Gasteiger charge is -2.32. The SMILES string of the molecule is N#Cc1nccnc1OC1CCCN(S(=O)(=O)c2cc3c4c(c2)CCN4C(=O)CC3)C1. The molecule has 0 spiro atoms. The Morgan fingerprint density at radius 3 is 2.68 bits per heavy atom. The molecule has 0 N–H and O–H groups in total. The van der Waals surface area contributed by atoms with E-state index in [1.165, 1.54) is 16.7 Å². The van der Waals surface area contributed by atoms with Crippen molar-refractivity contribution in [1.29, 1.82) is 5.26 Å². The number of hydrogen-bond donors (Lipinski definition) is 0. The van der Waals surface area contributed by atoms with E-state index in [1.54, 1.807) is 17.0 Å². The summed E-state index contributed by atoms with van der Waals surface area (Å²) < 4.78 is 34.2. The minimum atomic E-state index is -3.72. The fraction of sp³-hybridized carbons (Fsp3) is 0.429. The van der Waals surface area contributed by atoms with Gasteiger partial charge in [0.05, 0.1) is 17.1 Å². The van der Waals surface area contributed by atoms with Crippen LogP contribution in [0.3, 0.4) is 0 Å². The molecule has 160 valence electrons. The van der Waals surface area contributed by atoms with Crippen molar-refractivity contribution in [2.75, 3.05) is 24.5 Å². The molecule has 1 aromatic carbocycles. The van der Waals surface area contributed by atoms with Crippen LogP contribution in [0.4, 0.5) is 5.69 Å². The Kier molecular flexibility index (Phi) is 4.87. The molecule has 2 aromatic rings. The van der Waals surface area contributed by atoms with Gasteiger partial charge in [-0.2, -0.15) is 9.57 Å². The summed E-state index contributed by atoms with van der Waals surface area (Å²) in [7, 11) is -3.72. The number of anilines is 1. The minimum Gasteiger partial charge on any atom is -0.471 e. The van der Waals surface area contributed by atoms with Gasteiger partial charge in [0.25, 0.3) is 5.88 Å². The van der Waals surface area contributed by atoms with E-state index in [2.05, 4.69) is 9.97 Å². The summed E-state index contributed by atoms with van der Waals surface area (Å²) in [5.74, 6) is 0.236. The van der Waals surface area contributed by atoms with Crippen molar-refractivity contribution in [3.05, 3.63) is 41.3 Å². The van der Waals surface area contributed by atoms with Crippen LogP contribution in [-0.4, -0.2) is 54.3 Å². The minimum absolute atomic E-state index is 0.0827. The number of carbonyl (C=O) groups is 1. The maximum absolute atomic E-state index is 13.4. The molecule has 4 heterocycles. The van der Waals surface area contributed by atoms with Crippen molar-refractivity contribution in [1.82, 2.24) is 14.3 Å². The van der Waals surface area contributed by atoms with Gasteiger partial charge in [-0.15, -0.1) is 0 Å². The molecule has 1 amide bonds. The molecular formula is C21H21N5O4S. The predicted molar refractivity (Wildman–Crippen MR) is 110 cm³/mol. The van der Waals surface area contributed by atoms with Gasteiger partial charge in [-0.1, -0.05) is 0 Å². The highest BCUT2D eigenvalue weighted by molar-refractivity contribution is 7.89. The third-order valence-corrected chi connectivity index (χ3v) is 7.90. The summed E-state index contributed by atoms with van der Waals surface area (Å²) in [5, 5.41) is 9.18. The van der Waals surface area contributed by atoms with E-state index >= 15 is 0 Å². The summed E-state index contributed by atoms with van der Waals surface area (Å²) in [6.07, 6.45) is 5.41. The number of carbonyl (C=O) groups excluding carboxylic acids is 1. The molecule has 1 unspecified atom stereocenters. The molecular weight excluding hydrogens is 418 g/mol. The Morgan fingerprint density at radius 1 is 1.10 bits per heavy atom. The Morgan fingerprint density at radius 2 is 1.87 bits per heavy atom. The normalized spacial score (nSPS) is 20.9. The van der Waals surface area contributed by atoms with Gasteiger partial charge in [0.1, 0.15) is 12.2 Å². The van der Waals surface area contributed by atoms with Gasteiger partial charge >= 0.3 is 0 Å². The highest BCUT2D eigenvalue weighted by Gasteiger charge is 2.36. The average Bonchev–Trinajstić information content (AvgIpc) is 3.22. The molecule has 3 aliphatic heterocycles. The molecule has 0 aliphatic carbocycles. The number of nitrogens with zero attached hydrogens (tertiary/aromatic N) is 5. The molecule has 1 aromatic heterocycles. The highest BCUT2D eigenvalue weighted by Crippen LogP contribution is 2.39. The van der Waals surface area contributed by atoms with Crippen LogP contribution in [0.15, 0.2) is 29.4 Å². The monoisotopic (exact) mass is 439 g/mol. The Labute approximate surface area is 180 Å². The van der Waals surface area contributed by atoms with Gasteiger partial charge in [0.15, 0.2) is 0 Å². The zero-order valence-corrected chi connectivity index (χ0v) is 17.6. The third kappa shape index (κ3) is 3.43. The maximum atomic E-state index is 13.4. The molecule has 10 heteroatoms. The molecule has 0 bridgehead atoms. The van der Waals surface area contributed by atoms with Crippen molar-refractivity contribution >= 4 is 21.6 Å². The van der Waals surface area contributed by atoms with Gasteiger partial charge in [-0.3, -0.25) is 4.79 Å². The molecule has 1 saturated heterocycles. The number of rotatable bonds is 4. The number of nitriles is 1. The fourth-order valence-corrected chi connectivity index (χ4v) is 6.20. The second kappa shape index (κ2) is 7.59. The topological polar surface area (TPSA) is 116 Å². The Bertz CT molecular complexity index is 1210. The molecule has 31 heavy (non-hydrogen) atoms. The summed E-state index contributed by atoms with van der Waals surface area (Å²) in [6.45, 7) is 1.20. The second-order valence-electron chi connectivity index (χ2n) is 7.95. The number of aryl methyl sites for hydroxylation is 1. The number of ether oxygens (including phenoxy) is 1. The first kappa shape index (κ1) is 19.9. The average molecular weight is 439 g/mol. The lowest BCUT2D eigenvalue weighted by molar-refractivity contribution is -0.118. The molecule has 0 saturated carbocycles. The lowest BCUT2D eigenvalue weighted by Crippen LogP contribution is -2.44. The van der Waals surface area contributed by atoms with Crippen LogP contribution >= 0.6 is 0 Å². The third-order valence-electron chi connectivity index (χ3n) is 6.05. The standard InChI is InChI=1S/C21H21N5O4S/c22-12-18-21(24-7-6-23-18)30-16-2-1-8-25(13-16)31(28,29)17-10-14-3-4-19(27)26-9-5-15(11-17)20(14)26/h6-7,10-11,16H,1-5,8-9,13H2. The summed E-state index contributed by atoms with van der Waals surface area (Å²) in [5.41, 5.74) is 2.84. The van der Waals surface area contributed by atoms with Gasteiger partial charge in [-0.05, 0) is 48.9 Å². The van der Waals surface area contributed by atoms with Crippen LogP contribution in [0, 0.1) is 11.3 Å². The number of aromatic nitrogens is 2. The zero-order chi connectivity index (χ0) is 21.6. The van der Waals surface area contributed by atoms with Crippen molar-refractivity contribution in [3.63, 3.8) is 0 Å². The predicted octanol–water partition coefficient (Wildman–Crippen LogP) is 1.42. The van der Waals surface area contributed by atoms with Crippen LogP contribution in [0.2, 0.25) is 0 Å². The van der Waals surface area contributed by atoms with Gasteiger partial charge in [-0.25, -0.2) is 18.4 Å². The summed E-state index contributed by atoms with van der Waals surface area (Å²) in [4.78, 5) is 22.2. The number of hydrogen-bond acceptors (Lipinski definition) is 7. The highest BCUT2D eigenvalue weighted by atomic mass is 32.2. The quantitative estimate of drug-likeness (QED) is 0.707. The number of benzene rings is 1. The fourth-order valence-electron chi connectivity index (χ4n) is 4.59. The van der Waals surface area contributed by atoms with Crippen LogP contribution in [0.5, 0.6) is 5.88 Å². The largest absolute Gasteiger partial charge is 0.471 e. The Hall–Kier alpha value is -3.03. The van der Waals surface area contributed by atoms with Crippen LogP contribution < -0.4 is 9.64 Å². The van der Waals surface area contributed by atoms with Crippen molar-refractivity contribution in [2.45, 2.75) is 43.1 Å². The molecule has 9 nitrogen and oxygen atoms in total. The lowest BCUT2D eigenvalue weighted by atomic mass is 10.00. The van der Waals surface area contributed by atoms with E-state index in [0.29, 0.717) is 45.2 Å². The molecule has 0 radical (unpaired) electrons. The molecule has 1 fully saturated rings. The van der Waals surface area contributed by atoms with Crippen LogP contribution in [0.25, 0.3) is 0 Å². The van der Waals surface area contributed by atoms with E-state index < -0.39 is 16.1 Å². The van der Waals surface area contributed by atoms with Gasteiger partial charge in [0, 0.05) is 31.9 Å². The van der Waals surface area contributed by atoms with Crippen molar-refractivity contribution < 1.29 is 17.9 Å². The first-order chi connectivity index (χ1) is 15.0. The Balaban J connectivity index is 1.40. The van der Waals surface area contributed by atoms with Crippen LogP contribution in [-0.2, 0) is 27.7 Å². The van der Waals surface area contributed by atoms with Gasteiger partial charge < -0.3 is 9.64 Å². The van der Waals surface area contributed by atoms with E-state index in [1.807, 2.05) is 6.07 Å². The summed E-state index contributed by atoms with van der Waals surface area (Å²) in [6, 6.07) is 5.38. The molecule has 5 rings (SSSR count). The van der Waals surface area contributed by atoms with Crippen molar-refractivity contribution in [3.8, 4) is 11.9 Å².